The van der Waals surface area contributed by atoms with Crippen molar-refractivity contribution in [1.29, 1.82) is 0 Å². The van der Waals surface area contributed by atoms with Crippen LogP contribution in [0.2, 0.25) is 5.02 Å². The molecule has 3 N–H and O–H groups in total. The number of nitrogens with two attached hydrogens (primary N) is 1. The highest BCUT2D eigenvalue weighted by atomic mass is 35.5. The molecule has 0 spiro atoms. The Labute approximate surface area is 177 Å². The standard InChI is InChI=1S/C24H27ClN2O2/c1-15(2)28-19-9-5-17(6-10-19)21-13-24(23(26)14-22(21)25)27-18-7-11-20(12-8-18)29-16(3)4/h5-16,27H,26H2,1-4H3. The van der Waals surface area contributed by atoms with Crippen LogP contribution in [0.3, 0.4) is 0 Å². The van der Waals surface area contributed by atoms with Crippen LogP contribution < -0.4 is 20.5 Å². The number of hydrogen-bond donors (Lipinski definition) is 2. The van der Waals surface area contributed by atoms with Crippen molar-refractivity contribution in [2.45, 2.75) is 39.9 Å². The molecule has 0 aliphatic carbocycles. The molecule has 0 aliphatic heterocycles. The summed E-state index contributed by atoms with van der Waals surface area (Å²) >= 11 is 6.48. The van der Waals surface area contributed by atoms with E-state index in [1.165, 1.54) is 0 Å². The normalized spacial score (nSPS) is 11.0. The molecule has 0 radical (unpaired) electrons. The molecule has 0 fully saturated rings. The second-order valence-electron chi connectivity index (χ2n) is 7.43. The second kappa shape index (κ2) is 9.10. The summed E-state index contributed by atoms with van der Waals surface area (Å²) in [5.41, 5.74) is 10.4. The summed E-state index contributed by atoms with van der Waals surface area (Å²) in [5.74, 6) is 1.66. The van der Waals surface area contributed by atoms with Crippen LogP contribution in [0, 0.1) is 0 Å². The van der Waals surface area contributed by atoms with Crippen molar-refractivity contribution in [1.82, 2.24) is 0 Å². The first-order valence-corrected chi connectivity index (χ1v) is 10.1. The smallest absolute Gasteiger partial charge is 0.119 e. The van der Waals surface area contributed by atoms with Gasteiger partial charge in [-0.1, -0.05) is 23.7 Å². The van der Waals surface area contributed by atoms with Gasteiger partial charge in [-0.15, -0.1) is 0 Å². The van der Waals surface area contributed by atoms with Crippen molar-refractivity contribution in [3.63, 3.8) is 0 Å². The maximum absolute atomic E-state index is 6.48. The van der Waals surface area contributed by atoms with Crippen LogP contribution in [-0.2, 0) is 0 Å². The van der Waals surface area contributed by atoms with E-state index in [0.29, 0.717) is 10.7 Å². The molecule has 3 aromatic carbocycles. The number of nitrogen functional groups attached to an aromatic ring is 1. The van der Waals surface area contributed by atoms with Crippen LogP contribution in [-0.4, -0.2) is 12.2 Å². The first-order chi connectivity index (χ1) is 13.8. The average Bonchev–Trinajstić information content (AvgIpc) is 2.65. The molecule has 0 amide bonds. The Hall–Kier alpha value is -2.85. The third-order valence-electron chi connectivity index (χ3n) is 4.18. The van der Waals surface area contributed by atoms with Crippen LogP contribution in [0.5, 0.6) is 11.5 Å². The lowest BCUT2D eigenvalue weighted by Crippen LogP contribution is -2.05. The predicted molar refractivity (Wildman–Crippen MR) is 123 cm³/mol. The summed E-state index contributed by atoms with van der Waals surface area (Å²) in [6.07, 6.45) is 0.273. The van der Waals surface area contributed by atoms with E-state index < -0.39 is 0 Å². The lowest BCUT2D eigenvalue weighted by molar-refractivity contribution is 0.242. The van der Waals surface area contributed by atoms with E-state index in [2.05, 4.69) is 5.32 Å². The molecular weight excluding hydrogens is 384 g/mol. The number of benzene rings is 3. The van der Waals surface area contributed by atoms with Gasteiger partial charge >= 0.3 is 0 Å². The second-order valence-corrected chi connectivity index (χ2v) is 7.83. The van der Waals surface area contributed by atoms with Crippen LogP contribution in [0.1, 0.15) is 27.7 Å². The van der Waals surface area contributed by atoms with Gasteiger partial charge in [-0.2, -0.15) is 0 Å². The van der Waals surface area contributed by atoms with Crippen molar-refractivity contribution < 1.29 is 9.47 Å². The molecule has 29 heavy (non-hydrogen) atoms. The Balaban J connectivity index is 1.84. The molecule has 0 atom stereocenters. The Morgan fingerprint density at radius 1 is 0.793 bits per heavy atom. The highest BCUT2D eigenvalue weighted by Gasteiger charge is 2.10. The predicted octanol–water partition coefficient (Wildman–Crippen LogP) is 6.91. The van der Waals surface area contributed by atoms with Crippen LogP contribution >= 0.6 is 11.6 Å². The lowest BCUT2D eigenvalue weighted by atomic mass is 10.0. The first-order valence-electron chi connectivity index (χ1n) is 9.71. The Morgan fingerprint density at radius 3 is 1.83 bits per heavy atom. The molecule has 0 aromatic heterocycles. The first kappa shape index (κ1) is 20.9. The Morgan fingerprint density at radius 2 is 1.31 bits per heavy atom. The monoisotopic (exact) mass is 410 g/mol. The zero-order valence-corrected chi connectivity index (χ0v) is 18.0. The molecular formula is C24H27ClN2O2. The van der Waals surface area contributed by atoms with Gasteiger partial charge in [-0.25, -0.2) is 0 Å². The molecule has 0 saturated heterocycles. The summed E-state index contributed by atoms with van der Waals surface area (Å²) in [7, 11) is 0. The Bertz CT molecular complexity index is 952. The quantitative estimate of drug-likeness (QED) is 0.415. The summed E-state index contributed by atoms with van der Waals surface area (Å²) in [5, 5.41) is 3.97. The van der Waals surface area contributed by atoms with Gasteiger partial charge in [-0.05, 0) is 81.8 Å². The Kier molecular flexibility index (Phi) is 6.55. The zero-order valence-electron chi connectivity index (χ0n) is 17.2. The van der Waals surface area contributed by atoms with Crippen molar-refractivity contribution in [2.24, 2.45) is 0 Å². The maximum Gasteiger partial charge on any atom is 0.119 e. The number of halogens is 1. The van der Waals surface area contributed by atoms with Crippen LogP contribution in [0.4, 0.5) is 17.1 Å². The molecule has 3 aromatic rings. The van der Waals surface area contributed by atoms with Gasteiger partial charge in [-0.3, -0.25) is 0 Å². The third kappa shape index (κ3) is 5.58. The van der Waals surface area contributed by atoms with Gasteiger partial charge in [0.2, 0.25) is 0 Å². The van der Waals surface area contributed by atoms with E-state index in [0.717, 1.165) is 34.0 Å². The van der Waals surface area contributed by atoms with Gasteiger partial charge in [0.05, 0.1) is 28.6 Å². The summed E-state index contributed by atoms with van der Waals surface area (Å²) in [6.45, 7) is 8.02. The van der Waals surface area contributed by atoms with E-state index in [-0.39, 0.29) is 12.2 Å². The van der Waals surface area contributed by atoms with E-state index in [4.69, 9.17) is 26.8 Å². The number of nitrogens with one attached hydrogen (secondary N) is 1. The summed E-state index contributed by atoms with van der Waals surface area (Å²) in [6, 6.07) is 19.4. The fourth-order valence-corrected chi connectivity index (χ4v) is 3.23. The lowest BCUT2D eigenvalue weighted by Gasteiger charge is -2.15. The highest BCUT2D eigenvalue weighted by Crippen LogP contribution is 2.36. The molecule has 3 rings (SSSR count). The van der Waals surface area contributed by atoms with Crippen molar-refractivity contribution in [3.05, 3.63) is 65.7 Å². The highest BCUT2D eigenvalue weighted by molar-refractivity contribution is 6.33. The minimum atomic E-state index is 0.133. The van der Waals surface area contributed by atoms with E-state index >= 15 is 0 Å². The van der Waals surface area contributed by atoms with Crippen molar-refractivity contribution >= 4 is 28.7 Å². The molecule has 0 bridgehead atoms. The summed E-state index contributed by atoms with van der Waals surface area (Å²) in [4.78, 5) is 0. The third-order valence-corrected chi connectivity index (χ3v) is 4.49. The number of anilines is 3. The van der Waals surface area contributed by atoms with Crippen LogP contribution in [0.15, 0.2) is 60.7 Å². The van der Waals surface area contributed by atoms with Crippen molar-refractivity contribution in [2.75, 3.05) is 11.1 Å². The minimum Gasteiger partial charge on any atom is -0.491 e. The molecule has 4 nitrogen and oxygen atoms in total. The van der Waals surface area contributed by atoms with Gasteiger partial charge in [0, 0.05) is 11.3 Å². The van der Waals surface area contributed by atoms with Gasteiger partial charge in [0.1, 0.15) is 11.5 Å². The fourth-order valence-electron chi connectivity index (χ4n) is 2.95. The molecule has 0 saturated carbocycles. The van der Waals surface area contributed by atoms with E-state index in [1.54, 1.807) is 6.07 Å². The maximum atomic E-state index is 6.48. The fraction of sp³-hybridized carbons (Fsp3) is 0.250. The molecule has 0 unspecified atom stereocenters. The van der Waals surface area contributed by atoms with Gasteiger partial charge < -0.3 is 20.5 Å². The molecule has 152 valence electrons. The largest absolute Gasteiger partial charge is 0.491 e. The van der Waals surface area contributed by atoms with Gasteiger partial charge in [0.15, 0.2) is 0 Å². The van der Waals surface area contributed by atoms with Gasteiger partial charge in [0.25, 0.3) is 0 Å². The zero-order chi connectivity index (χ0) is 21.0. The average molecular weight is 411 g/mol. The van der Waals surface area contributed by atoms with E-state index in [1.807, 2.05) is 82.3 Å². The molecule has 0 aliphatic rings. The SMILES string of the molecule is CC(C)Oc1ccc(Nc2cc(-c3ccc(OC(C)C)cc3)c(Cl)cc2N)cc1. The number of ether oxygens (including phenoxy) is 2. The van der Waals surface area contributed by atoms with Crippen LogP contribution in [0.25, 0.3) is 11.1 Å². The number of rotatable bonds is 7. The molecule has 5 heteroatoms. The molecule has 0 heterocycles. The summed E-state index contributed by atoms with van der Waals surface area (Å²) < 4.78 is 11.4. The van der Waals surface area contributed by atoms with Crippen molar-refractivity contribution in [3.8, 4) is 22.6 Å². The topological polar surface area (TPSA) is 56.5 Å². The minimum absolute atomic E-state index is 0.133. The number of hydrogen-bond acceptors (Lipinski definition) is 4. The van der Waals surface area contributed by atoms with E-state index in [9.17, 15) is 0 Å².